The summed E-state index contributed by atoms with van der Waals surface area (Å²) in [5, 5.41) is -2.42. The van der Waals surface area contributed by atoms with Gasteiger partial charge in [0, 0.05) is 10.8 Å². The van der Waals surface area contributed by atoms with Crippen LogP contribution < -0.4 is 0 Å². The molecule has 1 heteroatoms. The molecule has 8 rings (SSSR count). The van der Waals surface area contributed by atoms with Gasteiger partial charge in [-0.2, -0.15) is 0 Å². The summed E-state index contributed by atoms with van der Waals surface area (Å²) in [5.74, 6) is 0. The molecule has 0 atom stereocenters. The van der Waals surface area contributed by atoms with Crippen LogP contribution in [0.25, 0.3) is 76.9 Å². The molecule has 0 saturated heterocycles. The average molecular weight is 517 g/mol. The van der Waals surface area contributed by atoms with E-state index >= 15 is 0 Å². The number of hydrogen-bond donors (Lipinski definition) is 0. The molecule has 0 aliphatic rings. The fraction of sp³-hybridized carbons (Fsp3) is 0. The summed E-state index contributed by atoms with van der Waals surface area (Å²) in [5.41, 5.74) is -2.62. The maximum Gasteiger partial charge on any atom is 0.136 e. The Kier molecular flexibility index (Phi) is 2.21. The minimum Gasteiger partial charge on any atom is -0.456 e. The first-order valence-corrected chi connectivity index (χ1v) is 11.7. The number of benzene rings is 7. The van der Waals surface area contributed by atoms with Gasteiger partial charge in [-0.25, -0.2) is 0 Å². The summed E-state index contributed by atoms with van der Waals surface area (Å²) in [6, 6.07) is -8.95. The molecule has 7 aromatic carbocycles. The molecular weight excluding hydrogens is 472 g/mol. The average Bonchev–Trinajstić information content (AvgIpc) is 3.62. The SMILES string of the molecule is [2H]c1c([2H])c([2H])c(-c2ccccc2-c2c3c([2H])c([2H])c([2H])c([2H])c3c(-c3c([2H])c([2H])c([2H])c4oc5c([2H])c([2H])c([2H])c([2H])c5c34)c3c([2H])c([2H])c([2H])c([2H])c23)c([2H])c1[2H]. The Bertz CT molecular complexity index is 3170. The third kappa shape index (κ3) is 3.34. The predicted molar refractivity (Wildman–Crippen MR) is 165 cm³/mol. The van der Waals surface area contributed by atoms with Crippen molar-refractivity contribution in [3.8, 4) is 33.4 Å². The topological polar surface area (TPSA) is 13.1 Å². The lowest BCUT2D eigenvalue weighted by atomic mass is 9.83. The van der Waals surface area contributed by atoms with Gasteiger partial charge in [-0.3, -0.25) is 0 Å². The lowest BCUT2D eigenvalue weighted by molar-refractivity contribution is 0.669. The second-order valence-corrected chi connectivity index (χ2v) is 8.56. The third-order valence-electron chi connectivity index (χ3n) is 6.54. The largest absolute Gasteiger partial charge is 0.456 e. The Morgan fingerprint density at radius 1 is 0.410 bits per heavy atom. The highest BCUT2D eigenvalue weighted by Crippen LogP contribution is 2.48. The second-order valence-electron chi connectivity index (χ2n) is 8.56. The quantitative estimate of drug-likeness (QED) is 0.213. The summed E-state index contributed by atoms with van der Waals surface area (Å²) in [6.07, 6.45) is 0. The van der Waals surface area contributed by atoms with E-state index in [2.05, 4.69) is 0 Å². The Balaban J connectivity index is 1.76. The molecule has 39 heavy (non-hydrogen) atoms. The van der Waals surface area contributed by atoms with E-state index < -0.39 is 165 Å². The van der Waals surface area contributed by atoms with Gasteiger partial charge in [0.25, 0.3) is 0 Å². The number of fused-ring (bicyclic) bond motifs is 5. The van der Waals surface area contributed by atoms with Gasteiger partial charge >= 0.3 is 0 Å². The maximum absolute atomic E-state index is 9.37. The minimum atomic E-state index is -0.821. The van der Waals surface area contributed by atoms with E-state index in [0.29, 0.717) is 0 Å². The van der Waals surface area contributed by atoms with E-state index in [0.717, 1.165) is 0 Å². The van der Waals surface area contributed by atoms with Crippen LogP contribution in [0.15, 0.2) is 150 Å². The third-order valence-corrected chi connectivity index (χ3v) is 6.54. The fourth-order valence-electron chi connectivity index (χ4n) is 5.00. The van der Waals surface area contributed by atoms with E-state index in [9.17, 15) is 6.85 Å². The second kappa shape index (κ2) is 8.72. The molecule has 0 radical (unpaired) electrons. The smallest absolute Gasteiger partial charge is 0.136 e. The standard InChI is InChI=1S/C38H24O/c1-2-13-25(14-3-1)26-15-4-5-16-27(26)36-28-17-6-8-19-30(28)37(31-20-9-7-18-29(31)36)33-22-12-24-35-38(33)32-21-10-11-23-34(32)39-35/h1-24H/i1D,2D,3D,6D,7D,8D,9D,10D,11D,12D,13D,14D,17D,18D,19D,20D,21D,22D,23D,24D. The Hall–Kier alpha value is -5.14. The molecule has 0 bridgehead atoms. The summed E-state index contributed by atoms with van der Waals surface area (Å²) >= 11 is 0. The van der Waals surface area contributed by atoms with Crippen molar-refractivity contribution >= 4 is 43.5 Å². The zero-order valence-corrected chi connectivity index (χ0v) is 19.7. The van der Waals surface area contributed by atoms with Crippen LogP contribution in [-0.4, -0.2) is 0 Å². The molecule has 0 unspecified atom stereocenters. The van der Waals surface area contributed by atoms with Gasteiger partial charge in [-0.05, 0) is 67.0 Å². The van der Waals surface area contributed by atoms with Gasteiger partial charge in [0.15, 0.2) is 0 Å². The highest BCUT2D eigenvalue weighted by molar-refractivity contribution is 6.26. The van der Waals surface area contributed by atoms with E-state index in [4.69, 9.17) is 25.0 Å². The van der Waals surface area contributed by atoms with Crippen LogP contribution in [0.5, 0.6) is 0 Å². The van der Waals surface area contributed by atoms with E-state index in [1.54, 1.807) is 0 Å². The van der Waals surface area contributed by atoms with Crippen molar-refractivity contribution in [2.45, 2.75) is 0 Å². The van der Waals surface area contributed by atoms with Gasteiger partial charge in [0.05, 0.1) is 27.4 Å². The first kappa shape index (κ1) is 9.87. The summed E-state index contributed by atoms with van der Waals surface area (Å²) < 4.78 is 182. The van der Waals surface area contributed by atoms with Crippen molar-refractivity contribution in [2.24, 2.45) is 0 Å². The van der Waals surface area contributed by atoms with Gasteiger partial charge in [0.1, 0.15) is 11.2 Å². The molecule has 8 aromatic rings. The van der Waals surface area contributed by atoms with Crippen LogP contribution >= 0.6 is 0 Å². The molecule has 0 spiro atoms. The first-order chi connectivity index (χ1) is 27.7. The molecule has 0 fully saturated rings. The molecule has 0 amide bonds. The number of furan rings is 1. The predicted octanol–water partition coefficient (Wildman–Crippen LogP) is 10.9. The monoisotopic (exact) mass is 516 g/mol. The van der Waals surface area contributed by atoms with Crippen molar-refractivity contribution in [1.29, 1.82) is 0 Å². The number of hydrogen-bond acceptors (Lipinski definition) is 1. The summed E-state index contributed by atoms with van der Waals surface area (Å²) in [6.45, 7) is 0. The first-order valence-electron chi connectivity index (χ1n) is 21.7. The van der Waals surface area contributed by atoms with E-state index in [1.807, 2.05) is 0 Å². The molecule has 1 aromatic heterocycles. The van der Waals surface area contributed by atoms with Gasteiger partial charge in [-0.15, -0.1) is 0 Å². The lowest BCUT2D eigenvalue weighted by Gasteiger charge is -2.20. The van der Waals surface area contributed by atoms with Gasteiger partial charge < -0.3 is 4.42 Å². The highest BCUT2D eigenvalue weighted by Gasteiger charge is 2.21. The fourth-order valence-corrected chi connectivity index (χ4v) is 5.00. The Morgan fingerprint density at radius 3 is 1.59 bits per heavy atom. The van der Waals surface area contributed by atoms with Crippen LogP contribution in [0.4, 0.5) is 0 Å². The molecule has 0 aliphatic heterocycles. The molecule has 1 heterocycles. The van der Waals surface area contributed by atoms with Crippen LogP contribution in [0.1, 0.15) is 27.4 Å². The zero-order valence-electron chi connectivity index (χ0n) is 39.7. The highest BCUT2D eigenvalue weighted by atomic mass is 16.3. The van der Waals surface area contributed by atoms with Crippen molar-refractivity contribution in [3.63, 3.8) is 0 Å². The zero-order chi connectivity index (χ0) is 43.2. The Morgan fingerprint density at radius 2 is 0.923 bits per heavy atom. The van der Waals surface area contributed by atoms with Crippen LogP contribution in [0.3, 0.4) is 0 Å². The normalized spacial score (nSPS) is 18.8. The van der Waals surface area contributed by atoms with Crippen LogP contribution in [0.2, 0.25) is 0 Å². The molecule has 0 N–H and O–H groups in total. The molecule has 1 nitrogen and oxygen atoms in total. The Labute approximate surface area is 254 Å². The maximum atomic E-state index is 9.37. The summed E-state index contributed by atoms with van der Waals surface area (Å²) in [7, 11) is 0. The molecule has 0 saturated carbocycles. The minimum absolute atomic E-state index is 0.0629. The van der Waals surface area contributed by atoms with Gasteiger partial charge in [0.2, 0.25) is 0 Å². The molecule has 0 aliphatic carbocycles. The van der Waals surface area contributed by atoms with Crippen molar-refractivity contribution < 1.29 is 31.8 Å². The van der Waals surface area contributed by atoms with E-state index in [-0.39, 0.29) is 33.0 Å². The van der Waals surface area contributed by atoms with Crippen LogP contribution in [0, 0.1) is 0 Å². The van der Waals surface area contributed by atoms with Crippen molar-refractivity contribution in [1.82, 2.24) is 0 Å². The number of rotatable bonds is 3. The number of para-hydroxylation sites is 1. The molecule has 182 valence electrons. The van der Waals surface area contributed by atoms with E-state index in [1.165, 1.54) is 24.3 Å². The lowest BCUT2D eigenvalue weighted by Crippen LogP contribution is -1.93. The molecular formula is C38H24O. The summed E-state index contributed by atoms with van der Waals surface area (Å²) in [4.78, 5) is 0. The van der Waals surface area contributed by atoms with Crippen LogP contribution in [-0.2, 0) is 0 Å². The van der Waals surface area contributed by atoms with Crippen molar-refractivity contribution in [3.05, 3.63) is 145 Å². The van der Waals surface area contributed by atoms with Crippen molar-refractivity contribution in [2.75, 3.05) is 0 Å². The van der Waals surface area contributed by atoms with Gasteiger partial charge in [-0.1, -0.05) is 133 Å².